The molecule has 76 valence electrons. The van der Waals surface area contributed by atoms with Crippen LogP contribution >= 0.6 is 0 Å². The van der Waals surface area contributed by atoms with Gasteiger partial charge in [-0.3, -0.25) is 0 Å². The van der Waals surface area contributed by atoms with E-state index in [-0.39, 0.29) is 38.5 Å². The second-order valence-corrected chi connectivity index (χ2v) is 3.20. The van der Waals surface area contributed by atoms with Crippen LogP contribution in [0.5, 0.6) is 0 Å². The molecule has 0 unspecified atom stereocenters. The van der Waals surface area contributed by atoms with E-state index in [9.17, 15) is 0 Å². The van der Waals surface area contributed by atoms with Crippen LogP contribution < -0.4 is 0 Å². The van der Waals surface area contributed by atoms with Gasteiger partial charge in [0.25, 0.3) is 0 Å². The zero-order chi connectivity index (χ0) is 8.65. The molecule has 0 aromatic heterocycles. The molecule has 1 aromatic carbocycles. The van der Waals surface area contributed by atoms with E-state index in [0.717, 1.165) is 0 Å². The summed E-state index contributed by atoms with van der Waals surface area (Å²) in [6.45, 7) is 2.24. The van der Waals surface area contributed by atoms with E-state index >= 15 is 0 Å². The van der Waals surface area contributed by atoms with E-state index in [1.54, 1.807) is 0 Å². The van der Waals surface area contributed by atoms with Crippen molar-refractivity contribution in [1.82, 2.24) is 0 Å². The molecular formula is C13H20U. The Labute approximate surface area is 113 Å². The average molecular weight is 414 g/mol. The molecule has 0 amide bonds. The number of hydrogen-bond donors (Lipinski definition) is 0. The molecule has 0 spiro atoms. The molecule has 1 aromatic rings. The fraction of sp³-hybridized carbons (Fsp3) is 0.462. The van der Waals surface area contributed by atoms with Gasteiger partial charge in [0.05, 0.1) is 0 Å². The number of unbranched alkanes of at least 4 members (excludes halogenated alkanes) is 3. The number of rotatable bonds is 5. The first-order valence-electron chi connectivity index (χ1n) is 4.89. The minimum absolute atomic E-state index is 0. The fourth-order valence-electron chi connectivity index (χ4n) is 1.33. The van der Waals surface area contributed by atoms with E-state index in [2.05, 4.69) is 25.1 Å². The summed E-state index contributed by atoms with van der Waals surface area (Å²) in [7, 11) is 0. The van der Waals surface area contributed by atoms with Crippen molar-refractivity contribution in [3.05, 3.63) is 43.3 Å². The molecule has 0 aliphatic carbocycles. The van der Waals surface area contributed by atoms with Crippen molar-refractivity contribution in [2.75, 3.05) is 0 Å². The second kappa shape index (κ2) is 11.3. The van der Waals surface area contributed by atoms with Gasteiger partial charge in [0.15, 0.2) is 0 Å². The fourth-order valence-corrected chi connectivity index (χ4v) is 1.33. The van der Waals surface area contributed by atoms with Crippen LogP contribution in [0.25, 0.3) is 0 Å². The zero-order valence-corrected chi connectivity index (χ0v) is 13.5. The van der Waals surface area contributed by atoms with Gasteiger partial charge in [-0.15, -0.1) is 0 Å². The topological polar surface area (TPSA) is 0 Å². The third-order valence-electron chi connectivity index (χ3n) is 2.07. The minimum Gasteiger partial charge on any atom is -0.358 e. The molecule has 0 atom stereocenters. The molecular weight excluding hydrogens is 394 g/mol. The van der Waals surface area contributed by atoms with E-state index in [1.165, 1.54) is 37.7 Å². The van der Waals surface area contributed by atoms with E-state index in [1.807, 2.05) is 12.1 Å². The maximum atomic E-state index is 3.25. The van der Waals surface area contributed by atoms with Gasteiger partial charge in [0.1, 0.15) is 0 Å². The van der Waals surface area contributed by atoms with Crippen molar-refractivity contribution >= 4 is 0 Å². The summed E-state index contributed by atoms with van der Waals surface area (Å²) >= 11 is 0. The first kappa shape index (κ1) is 16.7. The van der Waals surface area contributed by atoms with E-state index in [4.69, 9.17) is 0 Å². The largest absolute Gasteiger partial charge is 2.00 e. The number of benzene rings is 1. The Morgan fingerprint density at radius 3 is 2.50 bits per heavy atom. The monoisotopic (exact) mass is 414 g/mol. The van der Waals surface area contributed by atoms with Gasteiger partial charge in [-0.05, 0) is 0 Å². The molecule has 1 rings (SSSR count). The van der Waals surface area contributed by atoms with Crippen LogP contribution in [0, 0.1) is 44.6 Å². The molecule has 0 bridgehead atoms. The Hall–Kier alpha value is 0.272. The standard InChI is InChI=1S/C12H17.CH3.U/c1-2-3-4-6-9-12-10-7-5-8-11-12;;/h5,7-8,10H,2-4,6,9H2,1H3;1H3;/q2*-1;+2. The van der Waals surface area contributed by atoms with E-state index in [0.29, 0.717) is 0 Å². The van der Waals surface area contributed by atoms with Gasteiger partial charge in [0, 0.05) is 0 Å². The van der Waals surface area contributed by atoms with Crippen molar-refractivity contribution in [1.29, 1.82) is 0 Å². The third kappa shape index (κ3) is 7.65. The Morgan fingerprint density at radius 1 is 1.14 bits per heavy atom. The molecule has 14 heavy (non-hydrogen) atoms. The van der Waals surface area contributed by atoms with E-state index < -0.39 is 0 Å². The van der Waals surface area contributed by atoms with Crippen LogP contribution in [0.4, 0.5) is 0 Å². The molecule has 0 nitrogen and oxygen atoms in total. The summed E-state index contributed by atoms with van der Waals surface area (Å²) in [6, 6.07) is 11.5. The van der Waals surface area contributed by atoms with Crippen LogP contribution in [0.15, 0.2) is 24.3 Å². The molecule has 1 heteroatoms. The van der Waals surface area contributed by atoms with Gasteiger partial charge >= 0.3 is 31.1 Å². The van der Waals surface area contributed by atoms with Crippen LogP contribution in [-0.2, 0) is 6.42 Å². The second-order valence-electron chi connectivity index (χ2n) is 3.20. The molecule has 0 saturated carbocycles. The van der Waals surface area contributed by atoms with Crippen LogP contribution in [-0.4, -0.2) is 0 Å². The Morgan fingerprint density at radius 2 is 1.93 bits per heavy atom. The SMILES string of the molecule is CCCCCCc1[c-]cccc1.[CH3-].[U+2]. The smallest absolute Gasteiger partial charge is 0.358 e. The van der Waals surface area contributed by atoms with Gasteiger partial charge in [-0.1, -0.05) is 39.0 Å². The Bertz CT molecular complexity index is 194. The normalized spacial score (nSPS) is 8.64. The summed E-state index contributed by atoms with van der Waals surface area (Å²) < 4.78 is 0. The van der Waals surface area contributed by atoms with Gasteiger partial charge in [-0.2, -0.15) is 35.9 Å². The van der Waals surface area contributed by atoms with Crippen molar-refractivity contribution in [2.24, 2.45) is 0 Å². The van der Waals surface area contributed by atoms with Gasteiger partial charge in [0.2, 0.25) is 0 Å². The summed E-state index contributed by atoms with van der Waals surface area (Å²) in [6.07, 6.45) is 6.56. The average Bonchev–Trinajstić information content (AvgIpc) is 2.14. The third-order valence-corrected chi connectivity index (χ3v) is 2.07. The maximum Gasteiger partial charge on any atom is 2.00 e. The first-order valence-corrected chi connectivity index (χ1v) is 4.89. The summed E-state index contributed by atoms with van der Waals surface area (Å²) in [5, 5.41) is 0. The van der Waals surface area contributed by atoms with Crippen LogP contribution in [0.1, 0.15) is 38.2 Å². The zero-order valence-electron chi connectivity index (χ0n) is 9.34. The Kier molecular flexibility index (Phi) is 13.5. The maximum absolute atomic E-state index is 3.25. The predicted octanol–water partition coefficient (Wildman–Crippen LogP) is 4.06. The first-order chi connectivity index (χ1) is 5.93. The predicted molar refractivity (Wildman–Crippen MR) is 59.5 cm³/mol. The summed E-state index contributed by atoms with van der Waals surface area (Å²) in [4.78, 5) is 0. The molecule has 0 aliphatic rings. The quantitative estimate of drug-likeness (QED) is 0.504. The van der Waals surface area contributed by atoms with Crippen LogP contribution in [0.3, 0.4) is 0 Å². The minimum atomic E-state index is 0. The summed E-state index contributed by atoms with van der Waals surface area (Å²) in [5.74, 6) is 0. The number of hydrogen-bond acceptors (Lipinski definition) is 0. The molecule has 0 saturated heterocycles. The van der Waals surface area contributed by atoms with Crippen LogP contribution in [0.2, 0.25) is 0 Å². The molecule has 0 fully saturated rings. The molecule has 0 radical (unpaired) electrons. The molecule has 0 N–H and O–H groups in total. The van der Waals surface area contributed by atoms with Crippen molar-refractivity contribution < 1.29 is 31.1 Å². The number of aryl methyl sites for hydroxylation is 1. The van der Waals surface area contributed by atoms with Crippen molar-refractivity contribution in [2.45, 2.75) is 39.0 Å². The molecule has 0 heterocycles. The van der Waals surface area contributed by atoms with Crippen molar-refractivity contribution in [3.8, 4) is 0 Å². The van der Waals surface area contributed by atoms with Gasteiger partial charge < -0.3 is 7.43 Å². The molecule has 0 aliphatic heterocycles. The Balaban J connectivity index is 0. The van der Waals surface area contributed by atoms with Gasteiger partial charge in [-0.25, -0.2) is 0 Å². The summed E-state index contributed by atoms with van der Waals surface area (Å²) in [5.41, 5.74) is 1.36. The van der Waals surface area contributed by atoms with Crippen molar-refractivity contribution in [3.63, 3.8) is 0 Å².